The first-order valence-corrected chi connectivity index (χ1v) is 3.00. The van der Waals surface area contributed by atoms with Crippen LogP contribution in [0.1, 0.15) is 6.92 Å². The predicted molar refractivity (Wildman–Crippen MR) is 37.6 cm³/mol. The van der Waals surface area contributed by atoms with Crippen molar-refractivity contribution in [3.05, 3.63) is 12.4 Å². The van der Waals surface area contributed by atoms with Crippen LogP contribution in [0, 0.1) is 0 Å². The number of nitrogens with zero attached hydrogens (tertiary/aromatic N) is 2. The van der Waals surface area contributed by atoms with Gasteiger partial charge in [0.05, 0.1) is 12.8 Å². The number of hydrogen-bond acceptors (Lipinski definition) is 4. The number of nitrogens with two attached hydrogens (primary N) is 1. The van der Waals surface area contributed by atoms with Gasteiger partial charge in [0.1, 0.15) is 0 Å². The number of hydrogen-bond donors (Lipinski definition) is 2. The van der Waals surface area contributed by atoms with Crippen molar-refractivity contribution >= 4 is 6.09 Å². The van der Waals surface area contributed by atoms with Crippen molar-refractivity contribution in [3.63, 3.8) is 0 Å². The highest BCUT2D eigenvalue weighted by Gasteiger charge is 1.82. The van der Waals surface area contributed by atoms with Crippen molar-refractivity contribution in [2.45, 2.75) is 6.92 Å². The number of carbonyl (C=O) groups excluding carboxylic acids is 1. The second-order valence-corrected chi connectivity index (χ2v) is 1.41. The van der Waals surface area contributed by atoms with Gasteiger partial charge in [0, 0.05) is 6.20 Å². The molecule has 0 aromatic carbocycles. The minimum Gasteiger partial charge on any atom is -0.450 e. The van der Waals surface area contributed by atoms with Gasteiger partial charge in [-0.25, -0.2) is 4.79 Å². The minimum absolute atomic E-state index is 0.356. The standard InChI is InChI=1S/C3H7NO2.C2H3N3/c1-2-6-3(4)5;1-2-4-5-3-1/h2H2,1H3,(H2,4,5);1-2H,(H,3,4,5). The van der Waals surface area contributed by atoms with Gasteiger partial charge in [0.2, 0.25) is 0 Å². The van der Waals surface area contributed by atoms with E-state index in [1.54, 1.807) is 19.3 Å². The van der Waals surface area contributed by atoms with Gasteiger partial charge in [0.15, 0.2) is 0 Å². The van der Waals surface area contributed by atoms with E-state index in [9.17, 15) is 4.79 Å². The van der Waals surface area contributed by atoms with Crippen LogP contribution < -0.4 is 5.73 Å². The van der Waals surface area contributed by atoms with Gasteiger partial charge >= 0.3 is 6.09 Å². The average molecular weight is 158 g/mol. The Morgan fingerprint density at radius 3 is 2.64 bits per heavy atom. The fourth-order valence-corrected chi connectivity index (χ4v) is 0.309. The monoisotopic (exact) mass is 158 g/mol. The molecule has 0 radical (unpaired) electrons. The summed E-state index contributed by atoms with van der Waals surface area (Å²) in [5.41, 5.74) is 4.54. The minimum atomic E-state index is -0.711. The molecule has 0 bridgehead atoms. The van der Waals surface area contributed by atoms with Gasteiger partial charge in [-0.2, -0.15) is 0 Å². The number of H-pyrrole nitrogens is 1. The second kappa shape index (κ2) is 6.53. The largest absolute Gasteiger partial charge is 0.450 e. The van der Waals surface area contributed by atoms with Gasteiger partial charge in [-0.1, -0.05) is 5.21 Å². The zero-order valence-corrected chi connectivity index (χ0v) is 6.15. The summed E-state index contributed by atoms with van der Waals surface area (Å²) in [5, 5.41) is 9.26. The van der Waals surface area contributed by atoms with Crippen LogP contribution in [0.5, 0.6) is 0 Å². The Bertz CT molecular complexity index is 157. The molecule has 0 aliphatic heterocycles. The third-order valence-electron chi connectivity index (χ3n) is 0.618. The molecule has 1 amide bonds. The van der Waals surface area contributed by atoms with Crippen LogP contribution in [0.4, 0.5) is 4.79 Å². The Hall–Kier alpha value is -1.59. The molecule has 1 aromatic heterocycles. The molecule has 0 aliphatic rings. The maximum atomic E-state index is 9.60. The molecule has 0 fully saturated rings. The lowest BCUT2D eigenvalue weighted by Gasteiger charge is -1.89. The summed E-state index contributed by atoms with van der Waals surface area (Å²) in [7, 11) is 0. The SMILES string of the molecule is CCOC(N)=O.c1c[nH]nn1. The molecule has 3 N–H and O–H groups in total. The van der Waals surface area contributed by atoms with Gasteiger partial charge < -0.3 is 10.5 Å². The summed E-state index contributed by atoms with van der Waals surface area (Å²) in [6, 6.07) is 0. The van der Waals surface area contributed by atoms with Crippen LogP contribution >= 0.6 is 0 Å². The predicted octanol–water partition coefficient (Wildman–Crippen LogP) is -0.0937. The number of nitrogens with one attached hydrogen (secondary N) is 1. The molecule has 1 aromatic rings. The fourth-order valence-electron chi connectivity index (χ4n) is 0.309. The van der Waals surface area contributed by atoms with E-state index in [-0.39, 0.29) is 0 Å². The molecular weight excluding hydrogens is 148 g/mol. The van der Waals surface area contributed by atoms with Gasteiger partial charge in [0.25, 0.3) is 0 Å². The zero-order chi connectivity index (χ0) is 8.53. The van der Waals surface area contributed by atoms with Crippen LogP contribution in [0.25, 0.3) is 0 Å². The van der Waals surface area contributed by atoms with E-state index in [1.807, 2.05) is 0 Å². The molecule has 11 heavy (non-hydrogen) atoms. The molecule has 0 aliphatic carbocycles. The van der Waals surface area contributed by atoms with Crippen molar-refractivity contribution < 1.29 is 9.53 Å². The Morgan fingerprint density at radius 2 is 2.55 bits per heavy atom. The molecule has 0 unspecified atom stereocenters. The lowest BCUT2D eigenvalue weighted by Crippen LogP contribution is -2.11. The van der Waals surface area contributed by atoms with Crippen LogP contribution in [-0.4, -0.2) is 28.1 Å². The molecular formula is C5H10N4O2. The average Bonchev–Trinajstić information content (AvgIpc) is 2.41. The van der Waals surface area contributed by atoms with Crippen molar-refractivity contribution in [1.82, 2.24) is 15.4 Å². The number of carbonyl (C=O) groups is 1. The highest BCUT2D eigenvalue weighted by atomic mass is 16.5. The maximum absolute atomic E-state index is 9.60. The highest BCUT2D eigenvalue weighted by Crippen LogP contribution is 1.66. The van der Waals surface area contributed by atoms with E-state index >= 15 is 0 Å². The van der Waals surface area contributed by atoms with Gasteiger partial charge in [-0.15, -0.1) is 5.10 Å². The summed E-state index contributed by atoms with van der Waals surface area (Å²) in [6.45, 7) is 2.06. The quantitative estimate of drug-likeness (QED) is 0.597. The lowest BCUT2D eigenvalue weighted by atomic mass is 10.9. The van der Waals surface area contributed by atoms with Crippen LogP contribution in [0.2, 0.25) is 0 Å². The summed E-state index contributed by atoms with van der Waals surface area (Å²) < 4.78 is 4.18. The third kappa shape index (κ3) is 8.41. The molecule has 6 heteroatoms. The zero-order valence-electron chi connectivity index (χ0n) is 6.15. The molecule has 1 rings (SSSR count). The van der Waals surface area contributed by atoms with E-state index in [0.29, 0.717) is 6.61 Å². The van der Waals surface area contributed by atoms with Crippen molar-refractivity contribution in [1.29, 1.82) is 0 Å². The van der Waals surface area contributed by atoms with E-state index in [4.69, 9.17) is 0 Å². The first kappa shape index (κ1) is 9.41. The second-order valence-electron chi connectivity index (χ2n) is 1.41. The first-order chi connectivity index (χ1) is 5.27. The van der Waals surface area contributed by atoms with Gasteiger partial charge in [-0.3, -0.25) is 5.10 Å². The number of primary amides is 1. The summed E-state index contributed by atoms with van der Waals surface area (Å²) in [4.78, 5) is 9.60. The first-order valence-electron chi connectivity index (χ1n) is 3.00. The Morgan fingerprint density at radius 1 is 1.82 bits per heavy atom. The van der Waals surface area contributed by atoms with Crippen LogP contribution in [-0.2, 0) is 4.74 Å². The molecule has 1 heterocycles. The van der Waals surface area contributed by atoms with E-state index < -0.39 is 6.09 Å². The number of ether oxygens (including phenoxy) is 1. The lowest BCUT2D eigenvalue weighted by molar-refractivity contribution is 0.163. The molecule has 0 saturated carbocycles. The third-order valence-corrected chi connectivity index (χ3v) is 0.618. The molecule has 62 valence electrons. The van der Waals surface area contributed by atoms with Crippen molar-refractivity contribution in [3.8, 4) is 0 Å². The van der Waals surface area contributed by atoms with E-state index in [2.05, 4.69) is 25.9 Å². The van der Waals surface area contributed by atoms with Crippen molar-refractivity contribution in [2.24, 2.45) is 5.73 Å². The molecule has 0 saturated heterocycles. The van der Waals surface area contributed by atoms with Gasteiger partial charge in [-0.05, 0) is 6.92 Å². The normalized spacial score (nSPS) is 7.73. The Kier molecular flexibility index (Phi) is 5.59. The topological polar surface area (TPSA) is 93.9 Å². The van der Waals surface area contributed by atoms with Crippen LogP contribution in [0.15, 0.2) is 12.4 Å². The summed E-state index contributed by atoms with van der Waals surface area (Å²) in [5.74, 6) is 0. The Labute approximate surface area is 63.7 Å². The number of amides is 1. The Balaban J connectivity index is 0.000000183. The maximum Gasteiger partial charge on any atom is 0.404 e. The fraction of sp³-hybridized carbons (Fsp3) is 0.400. The van der Waals surface area contributed by atoms with Crippen LogP contribution in [0.3, 0.4) is 0 Å². The van der Waals surface area contributed by atoms with E-state index in [1.165, 1.54) is 0 Å². The smallest absolute Gasteiger partial charge is 0.404 e. The van der Waals surface area contributed by atoms with Crippen molar-refractivity contribution in [2.75, 3.05) is 6.61 Å². The summed E-state index contributed by atoms with van der Waals surface area (Å²) >= 11 is 0. The van der Waals surface area contributed by atoms with E-state index in [0.717, 1.165) is 0 Å². The number of rotatable bonds is 1. The highest BCUT2D eigenvalue weighted by molar-refractivity contribution is 5.64. The summed E-state index contributed by atoms with van der Waals surface area (Å²) in [6.07, 6.45) is 2.53. The molecule has 6 nitrogen and oxygen atoms in total. The molecule has 0 atom stereocenters. The molecule has 0 spiro atoms. The number of aromatic amines is 1. The number of aromatic nitrogens is 3.